The zero-order valence-electron chi connectivity index (χ0n) is 12.6. The predicted octanol–water partition coefficient (Wildman–Crippen LogP) is 2.84. The molecule has 0 aromatic heterocycles. The predicted molar refractivity (Wildman–Crippen MR) is 87.8 cm³/mol. The molecule has 23 heavy (non-hydrogen) atoms. The van der Waals surface area contributed by atoms with Gasteiger partial charge in [0.25, 0.3) is 0 Å². The largest absolute Gasteiger partial charge is 0.334 e. The lowest BCUT2D eigenvalue weighted by Crippen LogP contribution is -2.28. The van der Waals surface area contributed by atoms with Crippen LogP contribution in [-0.4, -0.2) is 11.9 Å². The van der Waals surface area contributed by atoms with Crippen LogP contribution in [0.2, 0.25) is 0 Å². The highest BCUT2D eigenvalue weighted by Crippen LogP contribution is 2.13. The van der Waals surface area contributed by atoms with E-state index in [2.05, 4.69) is 16.0 Å². The summed E-state index contributed by atoms with van der Waals surface area (Å²) in [5, 5.41) is 17.0. The molecular weight excluding hydrogens is 292 g/mol. The molecule has 0 aliphatic heterocycles. The van der Waals surface area contributed by atoms with Gasteiger partial charge >= 0.3 is 6.03 Å². The molecule has 0 saturated heterocycles. The van der Waals surface area contributed by atoms with Gasteiger partial charge in [0.05, 0.1) is 11.3 Å². The summed E-state index contributed by atoms with van der Waals surface area (Å²) in [7, 11) is 0. The molecule has 0 radical (unpaired) electrons. The zero-order valence-corrected chi connectivity index (χ0v) is 12.6. The number of benzene rings is 2. The van der Waals surface area contributed by atoms with Crippen LogP contribution in [0.3, 0.4) is 0 Å². The second-order valence-electron chi connectivity index (χ2n) is 4.85. The van der Waals surface area contributed by atoms with E-state index in [1.165, 1.54) is 6.92 Å². The van der Waals surface area contributed by atoms with Gasteiger partial charge in [-0.1, -0.05) is 24.3 Å². The third-order valence-electron chi connectivity index (χ3n) is 3.00. The number of nitrogens with zero attached hydrogens (tertiary/aromatic N) is 1. The summed E-state index contributed by atoms with van der Waals surface area (Å²) in [4.78, 5) is 23.0. The molecule has 0 bridgehead atoms. The zero-order chi connectivity index (χ0) is 16.7. The summed E-state index contributed by atoms with van der Waals surface area (Å²) in [6.45, 7) is 1.74. The lowest BCUT2D eigenvalue weighted by molar-refractivity contribution is -0.114. The fourth-order valence-corrected chi connectivity index (χ4v) is 2.00. The molecule has 6 nitrogen and oxygen atoms in total. The van der Waals surface area contributed by atoms with Crippen molar-refractivity contribution in [3.63, 3.8) is 0 Å². The molecule has 0 saturated carbocycles. The number of amides is 3. The lowest BCUT2D eigenvalue weighted by atomic mass is 10.2. The van der Waals surface area contributed by atoms with Gasteiger partial charge in [-0.3, -0.25) is 4.79 Å². The van der Waals surface area contributed by atoms with Crippen molar-refractivity contribution < 1.29 is 9.59 Å². The van der Waals surface area contributed by atoms with Crippen molar-refractivity contribution in [3.05, 3.63) is 59.7 Å². The van der Waals surface area contributed by atoms with Gasteiger partial charge < -0.3 is 16.0 Å². The number of rotatable bonds is 4. The van der Waals surface area contributed by atoms with Crippen molar-refractivity contribution in [2.75, 3.05) is 10.6 Å². The Morgan fingerprint density at radius 1 is 1.09 bits per heavy atom. The number of para-hydroxylation sites is 1. The monoisotopic (exact) mass is 308 g/mol. The van der Waals surface area contributed by atoms with Crippen molar-refractivity contribution in [3.8, 4) is 6.07 Å². The van der Waals surface area contributed by atoms with Crippen LogP contribution >= 0.6 is 0 Å². The second-order valence-corrected chi connectivity index (χ2v) is 4.85. The van der Waals surface area contributed by atoms with E-state index in [0.29, 0.717) is 23.5 Å². The first-order valence-electron chi connectivity index (χ1n) is 6.99. The van der Waals surface area contributed by atoms with Gasteiger partial charge in [0.1, 0.15) is 6.07 Å². The van der Waals surface area contributed by atoms with E-state index in [-0.39, 0.29) is 5.91 Å². The first-order valence-corrected chi connectivity index (χ1v) is 6.99. The van der Waals surface area contributed by atoms with Crippen molar-refractivity contribution in [2.45, 2.75) is 13.5 Å². The highest BCUT2D eigenvalue weighted by Gasteiger charge is 2.06. The smallest absolute Gasteiger partial charge is 0.319 e. The van der Waals surface area contributed by atoms with E-state index < -0.39 is 6.03 Å². The Balaban J connectivity index is 1.94. The fraction of sp³-hybridized carbons (Fsp3) is 0.118. The third kappa shape index (κ3) is 4.86. The summed E-state index contributed by atoms with van der Waals surface area (Å²) in [6.07, 6.45) is 0. The van der Waals surface area contributed by atoms with E-state index in [4.69, 9.17) is 5.26 Å². The fourth-order valence-electron chi connectivity index (χ4n) is 2.00. The molecule has 0 aliphatic rings. The summed E-state index contributed by atoms with van der Waals surface area (Å²) in [5.41, 5.74) is 2.38. The van der Waals surface area contributed by atoms with Crippen molar-refractivity contribution >= 4 is 23.3 Å². The Bertz CT molecular complexity index is 765. The van der Waals surface area contributed by atoms with Gasteiger partial charge in [0.15, 0.2) is 0 Å². The van der Waals surface area contributed by atoms with Gasteiger partial charge in [-0.05, 0) is 29.8 Å². The van der Waals surface area contributed by atoms with Crippen molar-refractivity contribution in [2.24, 2.45) is 0 Å². The SMILES string of the molecule is CC(=O)Nc1cccc(CNC(=O)Nc2ccccc2C#N)c1. The van der Waals surface area contributed by atoms with Crippen LogP contribution in [0, 0.1) is 11.3 Å². The molecule has 0 spiro atoms. The Morgan fingerprint density at radius 2 is 1.87 bits per heavy atom. The molecule has 2 rings (SSSR count). The van der Waals surface area contributed by atoms with E-state index in [0.717, 1.165) is 5.56 Å². The first kappa shape index (κ1) is 16.0. The van der Waals surface area contributed by atoms with Crippen LogP contribution in [0.1, 0.15) is 18.1 Å². The van der Waals surface area contributed by atoms with Crippen molar-refractivity contribution in [1.82, 2.24) is 5.32 Å². The van der Waals surface area contributed by atoms with E-state index in [9.17, 15) is 9.59 Å². The van der Waals surface area contributed by atoms with Crippen LogP contribution in [0.25, 0.3) is 0 Å². The molecule has 6 heteroatoms. The molecule has 116 valence electrons. The Labute approximate surface area is 134 Å². The average Bonchev–Trinajstić information content (AvgIpc) is 2.53. The Hall–Kier alpha value is -3.33. The van der Waals surface area contributed by atoms with Crippen LogP contribution in [0.15, 0.2) is 48.5 Å². The van der Waals surface area contributed by atoms with Crippen LogP contribution in [0.5, 0.6) is 0 Å². The second kappa shape index (κ2) is 7.61. The van der Waals surface area contributed by atoms with Gasteiger partial charge in [-0.25, -0.2) is 4.79 Å². The minimum Gasteiger partial charge on any atom is -0.334 e. The number of urea groups is 1. The first-order chi connectivity index (χ1) is 11.1. The standard InChI is InChI=1S/C17H16N4O2/c1-12(22)20-15-7-4-5-13(9-15)11-19-17(23)21-16-8-3-2-6-14(16)10-18/h2-9H,11H2,1H3,(H,20,22)(H2,19,21,23). The third-order valence-corrected chi connectivity index (χ3v) is 3.00. The summed E-state index contributed by atoms with van der Waals surface area (Å²) < 4.78 is 0. The lowest BCUT2D eigenvalue weighted by Gasteiger charge is -2.10. The van der Waals surface area contributed by atoms with Crippen LogP contribution in [-0.2, 0) is 11.3 Å². The molecule has 0 unspecified atom stereocenters. The van der Waals surface area contributed by atoms with Gasteiger partial charge in [0.2, 0.25) is 5.91 Å². The van der Waals surface area contributed by atoms with E-state index >= 15 is 0 Å². The normalized spacial score (nSPS) is 9.57. The molecule has 0 atom stereocenters. The van der Waals surface area contributed by atoms with E-state index in [1.807, 2.05) is 12.1 Å². The van der Waals surface area contributed by atoms with Crippen LogP contribution < -0.4 is 16.0 Å². The number of hydrogen-bond acceptors (Lipinski definition) is 3. The Morgan fingerprint density at radius 3 is 2.61 bits per heavy atom. The number of nitriles is 1. The molecular formula is C17H16N4O2. The topological polar surface area (TPSA) is 94.0 Å². The molecule has 2 aromatic carbocycles. The van der Waals surface area contributed by atoms with Gasteiger partial charge in [-0.15, -0.1) is 0 Å². The molecule has 0 heterocycles. The highest BCUT2D eigenvalue weighted by molar-refractivity contribution is 5.91. The van der Waals surface area contributed by atoms with Gasteiger partial charge in [0, 0.05) is 19.2 Å². The van der Waals surface area contributed by atoms with Crippen molar-refractivity contribution in [1.29, 1.82) is 5.26 Å². The Kier molecular flexibility index (Phi) is 5.31. The highest BCUT2D eigenvalue weighted by atomic mass is 16.2. The number of carbonyl (C=O) groups is 2. The molecule has 2 aromatic rings. The summed E-state index contributed by atoms with van der Waals surface area (Å²) in [5.74, 6) is -0.152. The minimum atomic E-state index is -0.405. The minimum absolute atomic E-state index is 0.152. The maximum atomic E-state index is 11.9. The van der Waals surface area contributed by atoms with Gasteiger partial charge in [-0.2, -0.15) is 5.26 Å². The number of nitrogens with one attached hydrogen (secondary N) is 3. The number of hydrogen-bond donors (Lipinski definition) is 3. The summed E-state index contributed by atoms with van der Waals surface area (Å²) in [6, 6.07) is 15.6. The molecule has 0 aliphatic carbocycles. The maximum absolute atomic E-state index is 11.9. The maximum Gasteiger partial charge on any atom is 0.319 e. The summed E-state index contributed by atoms with van der Waals surface area (Å²) >= 11 is 0. The number of carbonyl (C=O) groups excluding carboxylic acids is 2. The average molecular weight is 308 g/mol. The molecule has 3 amide bonds. The van der Waals surface area contributed by atoms with Crippen LogP contribution in [0.4, 0.5) is 16.2 Å². The molecule has 3 N–H and O–H groups in total. The quantitative estimate of drug-likeness (QED) is 0.810. The number of anilines is 2. The molecule has 0 fully saturated rings. The van der Waals surface area contributed by atoms with E-state index in [1.54, 1.807) is 42.5 Å².